The van der Waals surface area contributed by atoms with Gasteiger partial charge >= 0.3 is 0 Å². The predicted molar refractivity (Wildman–Crippen MR) is 102 cm³/mol. The Bertz CT molecular complexity index is 706. The molecule has 1 aromatic rings. The fourth-order valence-electron chi connectivity index (χ4n) is 2.58. The van der Waals surface area contributed by atoms with Gasteiger partial charge in [0.15, 0.2) is 0 Å². The van der Waals surface area contributed by atoms with Crippen LogP contribution in [-0.2, 0) is 10.0 Å². The van der Waals surface area contributed by atoms with Crippen LogP contribution in [-0.4, -0.2) is 32.5 Å². The maximum absolute atomic E-state index is 12.7. The molecule has 0 heterocycles. The van der Waals surface area contributed by atoms with E-state index in [4.69, 9.17) is 5.73 Å². The van der Waals surface area contributed by atoms with E-state index in [1.807, 2.05) is 13.8 Å². The van der Waals surface area contributed by atoms with Crippen LogP contribution in [0.2, 0.25) is 0 Å². The Morgan fingerprint density at radius 3 is 2.36 bits per heavy atom. The molecule has 1 amide bonds. The molecule has 4 N–H and O–H groups in total. The number of aryl methyl sites for hydroxylation is 1. The van der Waals surface area contributed by atoms with Gasteiger partial charge < -0.3 is 11.1 Å². The van der Waals surface area contributed by atoms with Crippen molar-refractivity contribution in [3.05, 3.63) is 29.3 Å². The molecule has 1 fully saturated rings. The van der Waals surface area contributed by atoms with Crippen molar-refractivity contribution in [2.75, 3.05) is 6.54 Å². The first-order chi connectivity index (χ1) is 11.3. The Labute approximate surface area is 156 Å². The fourth-order valence-corrected chi connectivity index (χ4v) is 3.91. The molecule has 1 aliphatic carbocycles. The highest BCUT2D eigenvalue weighted by Gasteiger charge is 2.30. The molecule has 2 rings (SSSR count). The summed E-state index contributed by atoms with van der Waals surface area (Å²) < 4.78 is 27.4. The van der Waals surface area contributed by atoms with Crippen LogP contribution in [0.25, 0.3) is 0 Å². The molecule has 0 bridgehead atoms. The minimum absolute atomic E-state index is 0. The summed E-state index contributed by atoms with van der Waals surface area (Å²) in [6.07, 6.45) is 3.16. The Hall–Kier alpha value is -1.15. The van der Waals surface area contributed by atoms with Crippen LogP contribution in [0.1, 0.15) is 55.5 Å². The molecule has 0 aliphatic heterocycles. The summed E-state index contributed by atoms with van der Waals surface area (Å²) in [5, 5.41) is 2.99. The SMILES string of the molecule is CCC(CC)(CN)NC(=O)c1cc(S(=O)(=O)NC2CC2)ccc1C.Cl. The van der Waals surface area contributed by atoms with Gasteiger partial charge in [-0.3, -0.25) is 4.79 Å². The molecule has 0 spiro atoms. The molecule has 6 nitrogen and oxygen atoms in total. The van der Waals surface area contributed by atoms with Crippen molar-refractivity contribution in [1.29, 1.82) is 0 Å². The molecule has 1 aliphatic rings. The van der Waals surface area contributed by atoms with E-state index in [1.165, 1.54) is 12.1 Å². The molecule has 25 heavy (non-hydrogen) atoms. The lowest BCUT2D eigenvalue weighted by atomic mass is 9.92. The molecule has 8 heteroatoms. The second-order valence-corrected chi connectivity index (χ2v) is 8.23. The Morgan fingerprint density at radius 2 is 1.88 bits per heavy atom. The number of benzene rings is 1. The van der Waals surface area contributed by atoms with Crippen molar-refractivity contribution in [2.45, 2.75) is 62.9 Å². The molecule has 0 atom stereocenters. The number of nitrogens with one attached hydrogen (secondary N) is 2. The van der Waals surface area contributed by atoms with Crippen LogP contribution in [0.15, 0.2) is 23.1 Å². The van der Waals surface area contributed by atoms with E-state index >= 15 is 0 Å². The Balaban J connectivity index is 0.00000312. The van der Waals surface area contributed by atoms with Gasteiger partial charge in [0.1, 0.15) is 0 Å². The number of nitrogens with two attached hydrogens (primary N) is 1. The monoisotopic (exact) mass is 389 g/mol. The average Bonchev–Trinajstić information content (AvgIpc) is 3.36. The highest BCUT2D eigenvalue weighted by molar-refractivity contribution is 7.89. The first-order valence-electron chi connectivity index (χ1n) is 8.42. The summed E-state index contributed by atoms with van der Waals surface area (Å²) in [5.74, 6) is -0.287. The van der Waals surface area contributed by atoms with Gasteiger partial charge in [-0.2, -0.15) is 0 Å². The summed E-state index contributed by atoms with van der Waals surface area (Å²) in [7, 11) is -3.58. The van der Waals surface area contributed by atoms with Gasteiger partial charge in [-0.1, -0.05) is 19.9 Å². The number of amides is 1. The van der Waals surface area contributed by atoms with E-state index in [2.05, 4.69) is 10.0 Å². The average molecular weight is 390 g/mol. The van der Waals surface area contributed by atoms with Crippen LogP contribution < -0.4 is 15.8 Å². The summed E-state index contributed by atoms with van der Waals surface area (Å²) in [6, 6.07) is 4.67. The molecule has 1 aromatic carbocycles. The predicted octanol–water partition coefficient (Wildman–Crippen LogP) is 2.10. The first kappa shape index (κ1) is 21.9. The normalized spacial score (nSPS) is 14.7. The van der Waals surface area contributed by atoms with Gasteiger partial charge in [0, 0.05) is 18.2 Å². The fraction of sp³-hybridized carbons (Fsp3) is 0.588. The number of hydrogen-bond donors (Lipinski definition) is 3. The summed E-state index contributed by atoms with van der Waals surface area (Å²) in [4.78, 5) is 12.8. The largest absolute Gasteiger partial charge is 0.345 e. The number of rotatable bonds is 8. The van der Waals surface area contributed by atoms with Crippen LogP contribution >= 0.6 is 12.4 Å². The third-order valence-corrected chi connectivity index (χ3v) is 6.30. The molecular formula is C17H28ClN3O3S. The van der Waals surface area contributed by atoms with Crippen LogP contribution in [0, 0.1) is 6.92 Å². The second kappa shape index (κ2) is 8.49. The van der Waals surface area contributed by atoms with Crippen LogP contribution in [0.4, 0.5) is 0 Å². The zero-order valence-electron chi connectivity index (χ0n) is 15.0. The van der Waals surface area contributed by atoms with Gasteiger partial charge in [0.2, 0.25) is 10.0 Å². The van der Waals surface area contributed by atoms with Gasteiger partial charge in [0.05, 0.1) is 10.4 Å². The maximum Gasteiger partial charge on any atom is 0.252 e. The molecule has 142 valence electrons. The summed E-state index contributed by atoms with van der Waals surface area (Å²) in [5.41, 5.74) is 6.47. The molecule has 0 radical (unpaired) electrons. The summed E-state index contributed by atoms with van der Waals surface area (Å²) in [6.45, 7) is 6.08. The van der Waals surface area contributed by atoms with E-state index in [1.54, 1.807) is 13.0 Å². The zero-order chi connectivity index (χ0) is 18.0. The van der Waals surface area contributed by atoms with Gasteiger partial charge in [-0.05, 0) is 50.3 Å². The highest BCUT2D eigenvalue weighted by atomic mass is 35.5. The molecule has 0 unspecified atom stereocenters. The van der Waals surface area contributed by atoms with Crippen molar-refractivity contribution in [3.8, 4) is 0 Å². The summed E-state index contributed by atoms with van der Waals surface area (Å²) >= 11 is 0. The van der Waals surface area contributed by atoms with Gasteiger partial charge in [-0.15, -0.1) is 12.4 Å². The van der Waals surface area contributed by atoms with Crippen LogP contribution in [0.5, 0.6) is 0 Å². The third-order valence-electron chi connectivity index (χ3n) is 4.79. The second-order valence-electron chi connectivity index (χ2n) is 6.52. The van der Waals surface area contributed by atoms with E-state index in [-0.39, 0.29) is 29.3 Å². The Morgan fingerprint density at radius 1 is 1.28 bits per heavy atom. The van der Waals surface area contributed by atoms with E-state index in [0.717, 1.165) is 18.4 Å². The number of halogens is 1. The standard InChI is InChI=1S/C17H27N3O3S.ClH/c1-4-17(5-2,11-18)19-16(21)15-10-14(9-6-12(15)3)24(22,23)20-13-7-8-13;/h6,9-10,13,20H,4-5,7-8,11,18H2,1-3H3,(H,19,21);1H. The number of hydrogen-bond acceptors (Lipinski definition) is 4. The van der Waals surface area contributed by atoms with Gasteiger partial charge in [-0.25, -0.2) is 13.1 Å². The smallest absolute Gasteiger partial charge is 0.252 e. The number of sulfonamides is 1. The van der Waals surface area contributed by atoms with E-state index in [9.17, 15) is 13.2 Å². The van der Waals surface area contributed by atoms with Crippen molar-refractivity contribution in [2.24, 2.45) is 5.73 Å². The topological polar surface area (TPSA) is 101 Å². The molecule has 0 saturated heterocycles. The van der Waals surface area contributed by atoms with Gasteiger partial charge in [0.25, 0.3) is 5.91 Å². The van der Waals surface area contributed by atoms with E-state index < -0.39 is 15.6 Å². The minimum atomic E-state index is -3.58. The first-order valence-corrected chi connectivity index (χ1v) is 9.91. The van der Waals surface area contributed by atoms with Crippen molar-refractivity contribution >= 4 is 28.3 Å². The maximum atomic E-state index is 12.7. The number of carbonyl (C=O) groups is 1. The third kappa shape index (κ3) is 5.17. The molecular weight excluding hydrogens is 362 g/mol. The van der Waals surface area contributed by atoms with Crippen LogP contribution in [0.3, 0.4) is 0 Å². The zero-order valence-corrected chi connectivity index (χ0v) is 16.6. The number of carbonyl (C=O) groups excluding carboxylic acids is 1. The Kier molecular flexibility index (Phi) is 7.43. The minimum Gasteiger partial charge on any atom is -0.345 e. The lowest BCUT2D eigenvalue weighted by molar-refractivity contribution is 0.0894. The molecule has 0 aromatic heterocycles. The van der Waals surface area contributed by atoms with Crippen molar-refractivity contribution < 1.29 is 13.2 Å². The molecule has 1 saturated carbocycles. The quantitative estimate of drug-likeness (QED) is 0.633. The lowest BCUT2D eigenvalue weighted by Crippen LogP contribution is -2.53. The lowest BCUT2D eigenvalue weighted by Gasteiger charge is -2.31. The van der Waals surface area contributed by atoms with E-state index in [0.29, 0.717) is 24.9 Å². The van der Waals surface area contributed by atoms with Crippen molar-refractivity contribution in [3.63, 3.8) is 0 Å². The highest BCUT2D eigenvalue weighted by Crippen LogP contribution is 2.24. The van der Waals surface area contributed by atoms with Crippen molar-refractivity contribution in [1.82, 2.24) is 10.0 Å².